The third kappa shape index (κ3) is 8.39. The molecule has 6 rings (SSSR count). The lowest BCUT2D eigenvalue weighted by Crippen LogP contribution is -2.45. The number of rotatable bonds is 16. The molecule has 0 aliphatic rings. The number of aromatic hydroxyl groups is 1. The minimum absolute atomic E-state index is 0.0128. The second-order valence-electron chi connectivity index (χ2n) is 12.4. The van der Waals surface area contributed by atoms with Crippen molar-refractivity contribution in [3.63, 3.8) is 0 Å². The molecule has 0 aliphatic heterocycles. The molecule has 0 fully saturated rings. The number of ketones is 1. The first kappa shape index (κ1) is 37.2. The molecule has 0 saturated carbocycles. The summed E-state index contributed by atoms with van der Waals surface area (Å²) in [4.78, 5) is 28.2. The summed E-state index contributed by atoms with van der Waals surface area (Å²) in [6.45, 7) is 2.25. The number of nitrogens with zero attached hydrogens (tertiary/aromatic N) is 1. The van der Waals surface area contributed by atoms with Crippen molar-refractivity contribution in [3.05, 3.63) is 149 Å². The number of pyridine rings is 1. The van der Waals surface area contributed by atoms with E-state index in [1.54, 1.807) is 62.2 Å². The van der Waals surface area contributed by atoms with Gasteiger partial charge in [-0.15, -0.1) is 0 Å². The number of aromatic nitrogens is 1. The quantitative estimate of drug-likeness (QED) is 0.0612. The van der Waals surface area contributed by atoms with E-state index in [0.717, 1.165) is 16.5 Å². The number of carbonyl (C=O) groups excluding carboxylic acids is 2. The number of hydrogen-bond acceptors (Lipinski definition) is 9. The van der Waals surface area contributed by atoms with Gasteiger partial charge in [-0.2, -0.15) is 4.57 Å². The predicted molar refractivity (Wildman–Crippen MR) is 203 cm³/mol. The van der Waals surface area contributed by atoms with Gasteiger partial charge in [-0.1, -0.05) is 72.8 Å². The third-order valence-electron chi connectivity index (χ3n) is 8.94. The molecule has 1 N–H and O–H groups in total. The number of phenolic OH excluding ortho intramolecular Hbond substituents is 1. The fourth-order valence-corrected chi connectivity index (χ4v) is 6.32. The number of esters is 1. The maximum atomic E-state index is 15.1. The molecule has 1 aromatic heterocycles. The van der Waals surface area contributed by atoms with E-state index >= 15 is 4.79 Å². The summed E-state index contributed by atoms with van der Waals surface area (Å²) in [7, 11) is 4.56. The molecule has 0 saturated heterocycles. The van der Waals surface area contributed by atoms with Crippen LogP contribution in [0.15, 0.2) is 121 Å². The molecule has 10 heteroatoms. The van der Waals surface area contributed by atoms with Crippen molar-refractivity contribution in [1.82, 2.24) is 0 Å². The Morgan fingerprint density at radius 2 is 1.31 bits per heavy atom. The molecule has 10 nitrogen and oxygen atoms in total. The van der Waals surface area contributed by atoms with Crippen molar-refractivity contribution in [1.29, 1.82) is 0 Å². The molecule has 0 aliphatic carbocycles. The molecular formula is C44H42NO9+. The largest absolute Gasteiger partial charge is 0.507 e. The van der Waals surface area contributed by atoms with Crippen molar-refractivity contribution in [3.8, 4) is 34.5 Å². The highest BCUT2D eigenvalue weighted by atomic mass is 16.5. The summed E-state index contributed by atoms with van der Waals surface area (Å²) in [5.41, 5.74) is 2.89. The lowest BCUT2D eigenvalue weighted by atomic mass is 9.84. The Morgan fingerprint density at radius 3 is 1.93 bits per heavy atom. The van der Waals surface area contributed by atoms with E-state index in [4.69, 9.17) is 28.4 Å². The summed E-state index contributed by atoms with van der Waals surface area (Å²) in [5.74, 6) is -0.368. The molecule has 1 atom stereocenters. The number of carbonyl (C=O) groups is 2. The molecule has 1 heterocycles. The Bertz CT molecular complexity index is 2240. The van der Waals surface area contributed by atoms with Crippen LogP contribution in [0.3, 0.4) is 0 Å². The highest BCUT2D eigenvalue weighted by molar-refractivity contribution is 6.07. The molecule has 1 unspecified atom stereocenters. The van der Waals surface area contributed by atoms with Gasteiger partial charge in [0.25, 0.3) is 0 Å². The minimum Gasteiger partial charge on any atom is -0.507 e. The third-order valence-corrected chi connectivity index (χ3v) is 8.94. The summed E-state index contributed by atoms with van der Waals surface area (Å²) < 4.78 is 36.4. The molecule has 5 aromatic carbocycles. The van der Waals surface area contributed by atoms with Gasteiger partial charge in [0.2, 0.25) is 12.2 Å². The van der Waals surface area contributed by atoms with E-state index in [2.05, 4.69) is 0 Å². The first-order chi connectivity index (χ1) is 26.3. The summed E-state index contributed by atoms with van der Waals surface area (Å²) >= 11 is 0. The summed E-state index contributed by atoms with van der Waals surface area (Å²) in [6.07, 6.45) is 1.74. The van der Waals surface area contributed by atoms with Gasteiger partial charge < -0.3 is 33.5 Å². The van der Waals surface area contributed by atoms with Crippen molar-refractivity contribution < 1.29 is 47.7 Å². The summed E-state index contributed by atoms with van der Waals surface area (Å²) in [6, 6.07) is 34.8. The fourth-order valence-electron chi connectivity index (χ4n) is 6.32. The average molecular weight is 729 g/mol. The van der Waals surface area contributed by atoms with Crippen LogP contribution in [-0.4, -0.2) is 44.8 Å². The van der Waals surface area contributed by atoms with Crippen LogP contribution in [0.5, 0.6) is 34.5 Å². The number of methoxy groups -OCH3 is 3. The predicted octanol–water partition coefficient (Wildman–Crippen LogP) is 7.59. The minimum atomic E-state index is -1.08. The fraction of sp³-hybridized carbons (Fsp3) is 0.205. The Labute approximate surface area is 314 Å². The van der Waals surface area contributed by atoms with Gasteiger partial charge in [-0.05, 0) is 59.3 Å². The number of hydrogen-bond donors (Lipinski definition) is 1. The molecule has 0 spiro atoms. The topological polar surface area (TPSA) is 114 Å². The number of benzene rings is 5. The molecule has 0 radical (unpaired) electrons. The van der Waals surface area contributed by atoms with Crippen LogP contribution in [0.2, 0.25) is 0 Å². The molecular weight excluding hydrogens is 686 g/mol. The van der Waals surface area contributed by atoms with Gasteiger partial charge >= 0.3 is 5.97 Å². The van der Waals surface area contributed by atoms with Crippen molar-refractivity contribution in [2.75, 3.05) is 27.9 Å². The lowest BCUT2D eigenvalue weighted by Gasteiger charge is -2.20. The monoisotopic (exact) mass is 728 g/mol. The van der Waals surface area contributed by atoms with Crippen LogP contribution >= 0.6 is 0 Å². The molecule has 6 aromatic rings. The van der Waals surface area contributed by atoms with Gasteiger partial charge in [0.15, 0.2) is 35.0 Å². The summed E-state index contributed by atoms with van der Waals surface area (Å²) in [5, 5.41) is 12.8. The second kappa shape index (κ2) is 17.3. The first-order valence-corrected chi connectivity index (χ1v) is 17.5. The van der Waals surface area contributed by atoms with Crippen LogP contribution in [0, 0.1) is 0 Å². The zero-order chi connectivity index (χ0) is 38.0. The second-order valence-corrected chi connectivity index (χ2v) is 12.4. The number of fused-ring (bicyclic) bond motifs is 1. The molecule has 0 bridgehead atoms. The van der Waals surface area contributed by atoms with Crippen LogP contribution in [0.1, 0.15) is 45.6 Å². The highest BCUT2D eigenvalue weighted by Gasteiger charge is 2.37. The number of ether oxygens (including phenoxy) is 6. The normalized spacial score (nSPS) is 11.4. The Hall–Kier alpha value is -6.55. The van der Waals surface area contributed by atoms with Crippen LogP contribution in [0.4, 0.5) is 0 Å². The Balaban J connectivity index is 1.52. The SMILES string of the molecule is CCOC(=O)C[n+]1ccc2cc(OCc3ccccc3)c(OC)cc2c1C(C(=O)c1cc(OC)c(OCc2ccccc2)cc1O)c1cccc(OC)c1. The van der Waals surface area contributed by atoms with Gasteiger partial charge in [-0.25, -0.2) is 4.79 Å². The van der Waals surface area contributed by atoms with Gasteiger partial charge in [-0.3, -0.25) is 4.79 Å². The van der Waals surface area contributed by atoms with Crippen LogP contribution in [0.25, 0.3) is 10.8 Å². The van der Waals surface area contributed by atoms with E-state index in [0.29, 0.717) is 40.5 Å². The van der Waals surface area contributed by atoms with E-state index in [1.807, 2.05) is 72.8 Å². The zero-order valence-electron chi connectivity index (χ0n) is 30.6. The van der Waals surface area contributed by atoms with Crippen molar-refractivity contribution >= 4 is 22.5 Å². The standard InChI is InChI=1S/C44H41NO9/c1-5-52-41(47)26-45-20-19-31-22-39(53-27-29-13-8-6-9-14-29)37(50-3)23-34(31)43(45)42(32-17-12-18-33(21-32)49-2)44(48)35-24-38(51-4)40(25-36(35)46)54-28-30-15-10-7-11-16-30/h6-25,42H,5,26-28H2,1-4H3/p+1. The maximum absolute atomic E-state index is 15.1. The Kier molecular flexibility index (Phi) is 11.9. The first-order valence-electron chi connectivity index (χ1n) is 17.5. The van der Waals surface area contributed by atoms with Gasteiger partial charge in [0.1, 0.15) is 30.6 Å². The molecule has 276 valence electrons. The Morgan fingerprint density at radius 1 is 0.685 bits per heavy atom. The van der Waals surface area contributed by atoms with E-state index in [-0.39, 0.29) is 42.6 Å². The van der Waals surface area contributed by atoms with Gasteiger partial charge in [0, 0.05) is 12.1 Å². The lowest BCUT2D eigenvalue weighted by molar-refractivity contribution is -0.692. The molecule has 0 amide bonds. The number of phenols is 1. The smallest absolute Gasteiger partial charge is 0.372 e. The zero-order valence-corrected chi connectivity index (χ0v) is 30.6. The van der Waals surface area contributed by atoms with Crippen LogP contribution in [-0.2, 0) is 29.3 Å². The van der Waals surface area contributed by atoms with E-state index in [1.165, 1.54) is 19.2 Å². The average Bonchev–Trinajstić information content (AvgIpc) is 3.20. The van der Waals surface area contributed by atoms with E-state index in [9.17, 15) is 9.90 Å². The van der Waals surface area contributed by atoms with Crippen molar-refractivity contribution in [2.24, 2.45) is 0 Å². The maximum Gasteiger partial charge on any atom is 0.372 e. The number of Topliss-reactive ketones (excluding diaryl/α,β-unsaturated/α-hetero) is 1. The van der Waals surface area contributed by atoms with Gasteiger partial charge in [0.05, 0.1) is 38.9 Å². The van der Waals surface area contributed by atoms with E-state index < -0.39 is 17.7 Å². The van der Waals surface area contributed by atoms with Crippen molar-refractivity contribution in [2.45, 2.75) is 32.6 Å². The van der Waals surface area contributed by atoms with Crippen LogP contribution < -0.4 is 28.3 Å². The highest BCUT2D eigenvalue weighted by Crippen LogP contribution is 2.42. The molecule has 54 heavy (non-hydrogen) atoms.